The minimum absolute atomic E-state index is 0.0114. The van der Waals surface area contributed by atoms with Gasteiger partial charge in [0.2, 0.25) is 0 Å². The molecule has 0 radical (unpaired) electrons. The summed E-state index contributed by atoms with van der Waals surface area (Å²) in [4.78, 5) is 19.3. The molecule has 4 aromatic rings. The highest BCUT2D eigenvalue weighted by Gasteiger charge is 2.15. The highest BCUT2D eigenvalue weighted by molar-refractivity contribution is 5.89. The third-order valence-corrected chi connectivity index (χ3v) is 4.51. The van der Waals surface area contributed by atoms with Crippen LogP contribution < -0.4 is 9.84 Å². The molecule has 0 atom stereocenters. The van der Waals surface area contributed by atoms with Crippen LogP contribution in [0, 0.1) is 10.1 Å². The lowest BCUT2D eigenvalue weighted by Crippen LogP contribution is -2.01. The maximum atomic E-state index is 12.3. The molecule has 0 bridgehead atoms. The third-order valence-electron chi connectivity index (χ3n) is 4.51. The number of methoxy groups -OCH3 is 1. The quantitative estimate of drug-likeness (QED) is 0.309. The molecule has 0 aliphatic rings. The maximum absolute atomic E-state index is 12.3. The Morgan fingerprint density at radius 2 is 2.03 bits per heavy atom. The molecule has 30 heavy (non-hydrogen) atoms. The van der Waals surface area contributed by atoms with Crippen molar-refractivity contribution in [3.05, 3.63) is 76.5 Å². The molecule has 9 heteroatoms. The molecular formula is C21H15N4O5-. The van der Waals surface area contributed by atoms with E-state index in [1.165, 1.54) is 31.5 Å². The Morgan fingerprint density at radius 3 is 2.80 bits per heavy atom. The van der Waals surface area contributed by atoms with E-state index < -0.39 is 16.4 Å². The van der Waals surface area contributed by atoms with Gasteiger partial charge in [-0.15, -0.1) is 0 Å². The van der Waals surface area contributed by atoms with E-state index in [9.17, 15) is 20.3 Å². The van der Waals surface area contributed by atoms with Gasteiger partial charge in [0.05, 0.1) is 12.0 Å². The summed E-state index contributed by atoms with van der Waals surface area (Å²) in [7, 11) is 1.44. The van der Waals surface area contributed by atoms with Crippen LogP contribution in [0.1, 0.15) is 5.56 Å². The van der Waals surface area contributed by atoms with Gasteiger partial charge in [-0.2, -0.15) is 0 Å². The molecule has 9 nitrogen and oxygen atoms in total. The molecule has 2 heterocycles. The van der Waals surface area contributed by atoms with Crippen molar-refractivity contribution in [2.75, 3.05) is 7.11 Å². The van der Waals surface area contributed by atoms with Crippen molar-refractivity contribution < 1.29 is 19.9 Å². The fourth-order valence-corrected chi connectivity index (χ4v) is 3.04. The first-order valence-corrected chi connectivity index (χ1v) is 8.82. The number of aromatic hydroxyl groups is 1. The number of nitro benzene ring substituents is 1. The Labute approximate surface area is 170 Å². The van der Waals surface area contributed by atoms with Crippen LogP contribution in [-0.4, -0.2) is 32.7 Å². The van der Waals surface area contributed by atoms with Crippen LogP contribution in [-0.2, 0) is 0 Å². The molecule has 0 amide bonds. The van der Waals surface area contributed by atoms with Crippen LogP contribution in [0.3, 0.4) is 0 Å². The molecule has 4 rings (SSSR count). The van der Waals surface area contributed by atoms with Gasteiger partial charge in [0.25, 0.3) is 5.69 Å². The van der Waals surface area contributed by atoms with Crippen LogP contribution >= 0.6 is 0 Å². The highest BCUT2D eigenvalue weighted by Crippen LogP contribution is 2.36. The van der Waals surface area contributed by atoms with E-state index in [-0.39, 0.29) is 17.1 Å². The Morgan fingerprint density at radius 1 is 1.20 bits per heavy atom. The van der Waals surface area contributed by atoms with Crippen molar-refractivity contribution >= 4 is 23.4 Å². The summed E-state index contributed by atoms with van der Waals surface area (Å²) in [5.41, 5.74) is 1.33. The maximum Gasteiger partial charge on any atom is 0.262 e. The fraction of sp³-hybridized carbons (Fsp3) is 0.0476. The molecule has 0 aliphatic heterocycles. The first-order valence-electron chi connectivity index (χ1n) is 8.82. The molecule has 0 saturated heterocycles. The van der Waals surface area contributed by atoms with Crippen molar-refractivity contribution in [1.82, 2.24) is 9.38 Å². The average Bonchev–Trinajstić information content (AvgIpc) is 3.11. The second-order valence-corrected chi connectivity index (χ2v) is 6.31. The summed E-state index contributed by atoms with van der Waals surface area (Å²) in [5.74, 6) is -0.0279. The number of fused-ring (bicyclic) bond motifs is 1. The number of nitro groups is 1. The largest absolute Gasteiger partial charge is 0.867 e. The van der Waals surface area contributed by atoms with Gasteiger partial charge in [0, 0.05) is 24.0 Å². The van der Waals surface area contributed by atoms with E-state index >= 15 is 0 Å². The van der Waals surface area contributed by atoms with Crippen LogP contribution in [0.5, 0.6) is 17.2 Å². The molecule has 150 valence electrons. The van der Waals surface area contributed by atoms with Gasteiger partial charge >= 0.3 is 0 Å². The second-order valence-electron chi connectivity index (χ2n) is 6.31. The number of pyridine rings is 1. The number of aromatic nitrogens is 2. The van der Waals surface area contributed by atoms with Crippen LogP contribution in [0.2, 0.25) is 0 Å². The molecule has 2 aromatic heterocycles. The highest BCUT2D eigenvalue weighted by atomic mass is 16.6. The van der Waals surface area contributed by atoms with Crippen LogP contribution in [0.15, 0.2) is 65.8 Å². The van der Waals surface area contributed by atoms with Gasteiger partial charge in [-0.1, -0.05) is 18.2 Å². The summed E-state index contributed by atoms with van der Waals surface area (Å²) in [6.45, 7) is 0. The third kappa shape index (κ3) is 3.28. The molecule has 0 aliphatic carbocycles. The van der Waals surface area contributed by atoms with Gasteiger partial charge < -0.3 is 14.9 Å². The van der Waals surface area contributed by atoms with Crippen LogP contribution in [0.4, 0.5) is 11.5 Å². The molecule has 1 N–H and O–H groups in total. The van der Waals surface area contributed by atoms with Crippen molar-refractivity contribution in [2.45, 2.75) is 0 Å². The van der Waals surface area contributed by atoms with Gasteiger partial charge in [-0.3, -0.25) is 14.5 Å². The lowest BCUT2D eigenvalue weighted by atomic mass is 10.1. The minimum atomic E-state index is -0.720. The van der Waals surface area contributed by atoms with Crippen molar-refractivity contribution in [2.24, 2.45) is 4.99 Å². The van der Waals surface area contributed by atoms with E-state index in [0.717, 1.165) is 6.07 Å². The topological polar surface area (TPSA) is 125 Å². The first-order chi connectivity index (χ1) is 14.5. The molecule has 2 aromatic carbocycles. The Bertz CT molecular complexity index is 1300. The summed E-state index contributed by atoms with van der Waals surface area (Å²) < 4.78 is 6.90. The molecule has 0 unspecified atom stereocenters. The summed E-state index contributed by atoms with van der Waals surface area (Å²) >= 11 is 0. The summed E-state index contributed by atoms with van der Waals surface area (Å²) in [5, 5.41) is 33.2. The predicted molar refractivity (Wildman–Crippen MR) is 109 cm³/mol. The van der Waals surface area contributed by atoms with Gasteiger partial charge in [0.15, 0.2) is 17.3 Å². The lowest BCUT2D eigenvalue weighted by molar-refractivity contribution is -0.398. The van der Waals surface area contributed by atoms with Gasteiger partial charge in [-0.05, 0) is 41.6 Å². The van der Waals surface area contributed by atoms with Crippen LogP contribution in [0.25, 0.3) is 16.9 Å². The fourth-order valence-electron chi connectivity index (χ4n) is 3.04. The Balaban J connectivity index is 1.87. The monoisotopic (exact) mass is 403 g/mol. The molecule has 0 saturated carbocycles. The zero-order valence-corrected chi connectivity index (χ0v) is 15.7. The number of ether oxygens (including phenoxy) is 1. The van der Waals surface area contributed by atoms with Crippen molar-refractivity contribution in [1.29, 1.82) is 0 Å². The van der Waals surface area contributed by atoms with E-state index in [1.807, 2.05) is 6.07 Å². The predicted octanol–water partition coefficient (Wildman–Crippen LogP) is 3.45. The van der Waals surface area contributed by atoms with E-state index in [1.54, 1.807) is 34.9 Å². The van der Waals surface area contributed by atoms with Gasteiger partial charge in [-0.25, -0.2) is 9.98 Å². The second kappa shape index (κ2) is 7.55. The smallest absolute Gasteiger partial charge is 0.262 e. The Hall–Kier alpha value is -4.40. The number of phenolic OH excluding ortho intramolecular Hbond substituents is 1. The number of aliphatic imine (C=N–C) groups is 1. The Kier molecular flexibility index (Phi) is 4.77. The number of benzene rings is 2. The SMILES string of the molecule is COc1cc(-c2nc3ccccn3c2/N=C/c2cccc([N+](=O)[O-])c2[O-])ccc1O. The standard InChI is InChI=1S/C21H16N4O5/c1-30-17-11-13(8-9-16(17)26)19-21(24-10-3-2-7-18(24)23-19)22-12-14-5-4-6-15(20(14)27)25(28)29/h2-12,26-27H,1H3/p-1/b22-12+. The van der Waals surface area contributed by atoms with Crippen molar-refractivity contribution in [3.63, 3.8) is 0 Å². The number of nitrogens with zero attached hydrogens (tertiary/aromatic N) is 4. The average molecular weight is 403 g/mol. The zero-order chi connectivity index (χ0) is 21.3. The summed E-state index contributed by atoms with van der Waals surface area (Å²) in [6.07, 6.45) is 3.05. The normalized spacial score (nSPS) is 11.2. The van der Waals surface area contributed by atoms with E-state index in [2.05, 4.69) is 9.98 Å². The minimum Gasteiger partial charge on any atom is -0.867 e. The number of phenols is 1. The molecule has 0 fully saturated rings. The van der Waals surface area contributed by atoms with E-state index in [0.29, 0.717) is 22.7 Å². The molecule has 0 spiro atoms. The zero-order valence-electron chi connectivity index (χ0n) is 15.7. The number of hydrogen-bond acceptors (Lipinski definition) is 7. The summed E-state index contributed by atoms with van der Waals surface area (Å²) in [6, 6.07) is 14.3. The van der Waals surface area contributed by atoms with Crippen molar-refractivity contribution in [3.8, 4) is 28.5 Å². The van der Waals surface area contributed by atoms with E-state index in [4.69, 9.17) is 4.74 Å². The number of hydrogen-bond donors (Lipinski definition) is 1. The number of imidazole rings is 1. The number of para-hydroxylation sites is 1. The lowest BCUT2D eigenvalue weighted by Gasteiger charge is -2.09. The first kappa shape index (κ1) is 18.9. The molecular weight excluding hydrogens is 388 g/mol. The van der Waals surface area contributed by atoms with Gasteiger partial charge in [0.1, 0.15) is 11.3 Å². The number of rotatable bonds is 5.